The molecule has 0 aromatic heterocycles. The van der Waals surface area contributed by atoms with E-state index in [4.69, 9.17) is 4.74 Å². The van der Waals surface area contributed by atoms with Crippen molar-refractivity contribution in [3.63, 3.8) is 0 Å². The van der Waals surface area contributed by atoms with Crippen LogP contribution in [0, 0.1) is 0 Å². The van der Waals surface area contributed by atoms with E-state index in [1.54, 1.807) is 72.8 Å². The number of carbonyl (C=O) groups excluding carboxylic acids is 3. The fourth-order valence-electron chi connectivity index (χ4n) is 2.48. The zero-order valence-electron chi connectivity index (χ0n) is 16.5. The molecule has 0 saturated heterocycles. The molecule has 0 radical (unpaired) electrons. The van der Waals surface area contributed by atoms with Crippen molar-refractivity contribution in [3.05, 3.63) is 98.4 Å². The van der Waals surface area contributed by atoms with Crippen molar-refractivity contribution >= 4 is 55.9 Å². The topological polar surface area (TPSA) is 96.9 Å². The second-order valence-corrected chi connectivity index (χ2v) is 8.28. The van der Waals surface area contributed by atoms with Gasteiger partial charge < -0.3 is 10.1 Å². The van der Waals surface area contributed by atoms with Crippen LogP contribution in [0.1, 0.15) is 26.3 Å². The van der Waals surface area contributed by atoms with Crippen LogP contribution in [0.2, 0.25) is 0 Å². The van der Waals surface area contributed by atoms with Crippen molar-refractivity contribution < 1.29 is 19.1 Å². The lowest BCUT2D eigenvalue weighted by Gasteiger charge is -2.05. The van der Waals surface area contributed by atoms with E-state index in [-0.39, 0.29) is 12.5 Å². The zero-order chi connectivity index (χ0) is 22.9. The van der Waals surface area contributed by atoms with E-state index in [0.29, 0.717) is 22.4 Å². The van der Waals surface area contributed by atoms with Crippen LogP contribution in [-0.2, 0) is 4.79 Å². The third kappa shape index (κ3) is 7.14. The number of carbonyl (C=O) groups is 3. The Morgan fingerprint density at radius 2 is 1.59 bits per heavy atom. The zero-order valence-corrected chi connectivity index (χ0v) is 19.7. The number of rotatable bonds is 7. The first-order valence-corrected chi connectivity index (χ1v) is 10.9. The van der Waals surface area contributed by atoms with Crippen LogP contribution < -0.4 is 15.5 Å². The second-order valence-electron chi connectivity index (χ2n) is 6.45. The molecule has 0 aliphatic heterocycles. The Labute approximate surface area is 201 Å². The van der Waals surface area contributed by atoms with E-state index in [1.165, 1.54) is 6.21 Å². The molecule has 162 valence electrons. The van der Waals surface area contributed by atoms with Crippen LogP contribution in [-0.4, -0.2) is 30.5 Å². The molecule has 0 spiro atoms. The van der Waals surface area contributed by atoms with Gasteiger partial charge in [0.05, 0.1) is 18.3 Å². The highest BCUT2D eigenvalue weighted by Crippen LogP contribution is 2.16. The minimum atomic E-state index is -0.468. The summed E-state index contributed by atoms with van der Waals surface area (Å²) >= 11 is 6.61. The Hall–Kier alpha value is -3.30. The summed E-state index contributed by atoms with van der Waals surface area (Å²) in [6.07, 6.45) is 1.44. The molecule has 3 aromatic rings. The van der Waals surface area contributed by atoms with Gasteiger partial charge in [-0.2, -0.15) is 5.10 Å². The number of nitrogens with one attached hydrogen (secondary N) is 2. The highest BCUT2D eigenvalue weighted by molar-refractivity contribution is 9.10. The lowest BCUT2D eigenvalue weighted by Crippen LogP contribution is -2.34. The van der Waals surface area contributed by atoms with Crippen LogP contribution in [0.3, 0.4) is 0 Å². The first kappa shape index (κ1) is 23.4. The average molecular weight is 559 g/mol. The van der Waals surface area contributed by atoms with Gasteiger partial charge in [-0.3, -0.25) is 9.59 Å². The van der Waals surface area contributed by atoms with Gasteiger partial charge in [0.15, 0.2) is 0 Å². The van der Waals surface area contributed by atoms with Crippen molar-refractivity contribution in [1.82, 2.24) is 10.7 Å². The normalized spacial score (nSPS) is 10.6. The van der Waals surface area contributed by atoms with Gasteiger partial charge in [-0.1, -0.05) is 37.9 Å². The molecule has 32 heavy (non-hydrogen) atoms. The highest BCUT2D eigenvalue weighted by Gasteiger charge is 2.09. The number of esters is 1. The molecule has 0 heterocycles. The summed E-state index contributed by atoms with van der Waals surface area (Å²) in [4.78, 5) is 36.0. The van der Waals surface area contributed by atoms with Crippen molar-refractivity contribution in [2.45, 2.75) is 0 Å². The highest BCUT2D eigenvalue weighted by atomic mass is 79.9. The number of nitrogens with zero attached hydrogens (tertiary/aromatic N) is 1. The van der Waals surface area contributed by atoms with E-state index < -0.39 is 11.9 Å². The van der Waals surface area contributed by atoms with E-state index >= 15 is 0 Å². The van der Waals surface area contributed by atoms with Crippen LogP contribution in [0.15, 0.2) is 86.8 Å². The molecule has 0 fully saturated rings. The fourth-order valence-corrected chi connectivity index (χ4v) is 3.15. The molecule has 0 bridgehead atoms. The minimum absolute atomic E-state index is 0.215. The van der Waals surface area contributed by atoms with Crippen molar-refractivity contribution in [3.8, 4) is 5.75 Å². The molecule has 7 nitrogen and oxygen atoms in total. The standard InChI is InChI=1S/C23H17Br2N3O4/c24-18-8-6-16(7-9-18)23(31)32-20-10-4-15(5-11-20)13-27-28-21(29)14-26-22(30)17-2-1-3-19(25)12-17/h1-13H,14H2,(H,26,30)(H,28,29). The molecule has 2 N–H and O–H groups in total. The van der Waals surface area contributed by atoms with Crippen molar-refractivity contribution in [2.75, 3.05) is 6.54 Å². The summed E-state index contributed by atoms with van der Waals surface area (Å²) in [5.41, 5.74) is 3.91. The third-order valence-corrected chi connectivity index (χ3v) is 5.09. The van der Waals surface area contributed by atoms with Crippen LogP contribution in [0.5, 0.6) is 5.75 Å². The molecule has 0 saturated carbocycles. The Morgan fingerprint density at radius 3 is 2.28 bits per heavy atom. The second kappa shape index (κ2) is 11.4. The van der Waals surface area contributed by atoms with Gasteiger partial charge in [-0.15, -0.1) is 0 Å². The summed E-state index contributed by atoms with van der Waals surface area (Å²) in [6, 6.07) is 20.3. The van der Waals surface area contributed by atoms with E-state index in [9.17, 15) is 14.4 Å². The molecular weight excluding hydrogens is 542 g/mol. The Bertz CT molecular complexity index is 1150. The number of hydrogen-bond donors (Lipinski definition) is 2. The smallest absolute Gasteiger partial charge is 0.343 e. The van der Waals surface area contributed by atoms with Gasteiger partial charge in [0.25, 0.3) is 11.8 Å². The molecule has 0 aliphatic carbocycles. The summed E-state index contributed by atoms with van der Waals surface area (Å²) in [5, 5.41) is 6.38. The maximum atomic E-state index is 12.1. The third-order valence-electron chi connectivity index (χ3n) is 4.07. The average Bonchev–Trinajstić information content (AvgIpc) is 2.79. The van der Waals surface area contributed by atoms with Crippen LogP contribution in [0.4, 0.5) is 0 Å². The van der Waals surface area contributed by atoms with Gasteiger partial charge in [-0.25, -0.2) is 10.2 Å². The largest absolute Gasteiger partial charge is 0.423 e. The molecule has 0 atom stereocenters. The Morgan fingerprint density at radius 1 is 0.875 bits per heavy atom. The number of hydrazone groups is 1. The monoisotopic (exact) mass is 557 g/mol. The molecular formula is C23H17Br2N3O4. The SMILES string of the molecule is O=C(CNC(=O)c1cccc(Br)c1)NN=Cc1ccc(OC(=O)c2ccc(Br)cc2)cc1. The van der Waals surface area contributed by atoms with E-state index in [2.05, 4.69) is 47.7 Å². The van der Waals surface area contributed by atoms with Crippen LogP contribution >= 0.6 is 31.9 Å². The summed E-state index contributed by atoms with van der Waals surface area (Å²) < 4.78 is 6.97. The summed E-state index contributed by atoms with van der Waals surface area (Å²) in [6.45, 7) is -0.215. The predicted octanol–water partition coefficient (Wildman–Crippen LogP) is 4.31. The minimum Gasteiger partial charge on any atom is -0.423 e. The first-order valence-electron chi connectivity index (χ1n) is 9.34. The number of halogens is 2. The molecule has 9 heteroatoms. The first-order chi connectivity index (χ1) is 15.4. The molecule has 0 aliphatic rings. The molecule has 3 aromatic carbocycles. The predicted molar refractivity (Wildman–Crippen MR) is 128 cm³/mol. The number of amides is 2. The summed E-state index contributed by atoms with van der Waals surface area (Å²) in [5.74, 6) is -0.909. The van der Waals surface area contributed by atoms with E-state index in [0.717, 1.165) is 8.95 Å². The quantitative estimate of drug-likeness (QED) is 0.195. The molecule has 3 rings (SSSR count). The van der Waals surface area contributed by atoms with Gasteiger partial charge in [-0.05, 0) is 72.3 Å². The number of ether oxygens (including phenoxy) is 1. The lowest BCUT2D eigenvalue weighted by atomic mass is 10.2. The van der Waals surface area contributed by atoms with E-state index in [1.807, 2.05) is 0 Å². The van der Waals surface area contributed by atoms with Crippen molar-refractivity contribution in [2.24, 2.45) is 5.10 Å². The van der Waals surface area contributed by atoms with Gasteiger partial charge in [0.1, 0.15) is 5.75 Å². The maximum absolute atomic E-state index is 12.1. The molecule has 0 unspecified atom stereocenters. The van der Waals surface area contributed by atoms with Gasteiger partial charge >= 0.3 is 5.97 Å². The van der Waals surface area contributed by atoms with Crippen molar-refractivity contribution in [1.29, 1.82) is 0 Å². The van der Waals surface area contributed by atoms with Gasteiger partial charge in [0, 0.05) is 14.5 Å². The Kier molecular flexibility index (Phi) is 8.29. The summed E-state index contributed by atoms with van der Waals surface area (Å²) in [7, 11) is 0. The van der Waals surface area contributed by atoms with Crippen LogP contribution in [0.25, 0.3) is 0 Å². The fraction of sp³-hybridized carbons (Fsp3) is 0.0435. The molecule has 2 amide bonds. The Balaban J connectivity index is 1.45. The lowest BCUT2D eigenvalue weighted by molar-refractivity contribution is -0.120. The number of hydrogen-bond acceptors (Lipinski definition) is 5. The van der Waals surface area contributed by atoms with Gasteiger partial charge in [0.2, 0.25) is 0 Å². The number of benzene rings is 3. The maximum Gasteiger partial charge on any atom is 0.343 e.